The van der Waals surface area contributed by atoms with Gasteiger partial charge < -0.3 is 9.47 Å². The Morgan fingerprint density at radius 1 is 0.553 bits per heavy atom. The molecule has 0 fully saturated rings. The van der Waals surface area contributed by atoms with E-state index in [2.05, 4.69) is 26.1 Å². The third-order valence-electron chi connectivity index (χ3n) is 5.84. The molecule has 0 aromatic heterocycles. The molecule has 0 bridgehead atoms. The number of phosphoric ester groups is 1. The van der Waals surface area contributed by atoms with Crippen LogP contribution in [0.15, 0.2) is 24.3 Å². The van der Waals surface area contributed by atoms with Crippen molar-refractivity contribution in [1.29, 1.82) is 0 Å². The predicted molar refractivity (Wildman–Crippen MR) is 155 cm³/mol. The van der Waals surface area contributed by atoms with Gasteiger partial charge in [0.05, 0.1) is 26.4 Å². The van der Waals surface area contributed by atoms with E-state index in [-0.39, 0.29) is 11.9 Å². The third-order valence-corrected chi connectivity index (χ3v) is 7.64. The number of carbonyl (C=O) groups excluding carboxylic acids is 2. The molecule has 0 N–H and O–H groups in total. The molecule has 0 spiro atoms. The van der Waals surface area contributed by atoms with Gasteiger partial charge in [0, 0.05) is 11.1 Å². The van der Waals surface area contributed by atoms with Gasteiger partial charge in [-0.2, -0.15) is 0 Å². The maximum absolute atomic E-state index is 12.4. The lowest BCUT2D eigenvalue weighted by molar-refractivity contribution is -0.139. The Bertz CT molecular complexity index is 659. The predicted octanol–water partition coefficient (Wildman–Crippen LogP) is 8.47. The standard InChI is InChI=1S/C28H51O8PS/c1-25(2)27(29)32-21-17-13-9-5-7-11-15-19-23-34-37(31,36-38)35-24-20-16-12-8-6-10-14-18-22-33-28(30)26(3)4/h38H,1,3,5-24H2,2,4H3. The van der Waals surface area contributed by atoms with Crippen molar-refractivity contribution in [3.05, 3.63) is 24.3 Å². The van der Waals surface area contributed by atoms with Crippen molar-refractivity contribution >= 4 is 32.7 Å². The first-order valence-corrected chi connectivity index (χ1v) is 15.9. The lowest BCUT2D eigenvalue weighted by Gasteiger charge is -2.15. The maximum atomic E-state index is 12.4. The van der Waals surface area contributed by atoms with Crippen molar-refractivity contribution in [2.24, 2.45) is 0 Å². The van der Waals surface area contributed by atoms with Crippen molar-refractivity contribution in [3.8, 4) is 0 Å². The molecule has 0 rings (SSSR count). The molecule has 0 aliphatic rings. The van der Waals surface area contributed by atoms with Crippen LogP contribution in [0.1, 0.15) is 117 Å². The summed E-state index contributed by atoms with van der Waals surface area (Å²) in [4.78, 5) is 22.5. The molecular formula is C28H51O8PS. The highest BCUT2D eigenvalue weighted by molar-refractivity contribution is 7.80. The molecule has 0 amide bonds. The molecule has 0 heterocycles. The molecule has 0 saturated heterocycles. The van der Waals surface area contributed by atoms with E-state index in [4.69, 9.17) is 22.5 Å². The number of hydrogen-bond acceptors (Lipinski definition) is 9. The van der Waals surface area contributed by atoms with Gasteiger partial charge >= 0.3 is 19.8 Å². The van der Waals surface area contributed by atoms with Gasteiger partial charge in [-0.3, -0.25) is 9.05 Å². The number of thiol groups is 1. The van der Waals surface area contributed by atoms with Crippen LogP contribution in [-0.2, 0) is 36.6 Å². The summed E-state index contributed by atoms with van der Waals surface area (Å²) in [7, 11) is -3.60. The number of ether oxygens (including phenoxy) is 2. The average Bonchev–Trinajstić information content (AvgIpc) is 2.89. The zero-order valence-electron chi connectivity index (χ0n) is 23.7. The molecule has 38 heavy (non-hydrogen) atoms. The van der Waals surface area contributed by atoms with E-state index in [1.165, 1.54) is 0 Å². The summed E-state index contributed by atoms with van der Waals surface area (Å²) < 4.78 is 38.0. The first-order chi connectivity index (χ1) is 18.2. The molecule has 0 aromatic carbocycles. The van der Waals surface area contributed by atoms with E-state index in [1.54, 1.807) is 13.8 Å². The fraction of sp³-hybridized carbons (Fsp3) is 0.786. The van der Waals surface area contributed by atoms with Crippen molar-refractivity contribution < 1.29 is 36.6 Å². The molecular weight excluding hydrogens is 527 g/mol. The number of unbranched alkanes of at least 4 members (excludes halogenated alkanes) is 14. The minimum absolute atomic E-state index is 0.318. The second-order valence-electron chi connectivity index (χ2n) is 9.68. The largest absolute Gasteiger partial charge is 0.485 e. The Kier molecular flexibility index (Phi) is 24.2. The van der Waals surface area contributed by atoms with Crippen LogP contribution in [0.3, 0.4) is 0 Å². The SMILES string of the molecule is C=C(C)C(=O)OCCCCCCCCCCOP(=O)(OS)OCCCCCCCCCCOC(=O)C(=C)C. The van der Waals surface area contributed by atoms with Crippen molar-refractivity contribution in [1.82, 2.24) is 0 Å². The first-order valence-electron chi connectivity index (χ1n) is 14.1. The van der Waals surface area contributed by atoms with Crippen LogP contribution >= 0.6 is 20.7 Å². The summed E-state index contributed by atoms with van der Waals surface area (Å²) in [5.74, 6) is -0.635. The molecule has 0 aromatic rings. The molecule has 0 saturated carbocycles. The van der Waals surface area contributed by atoms with Gasteiger partial charge in [0.25, 0.3) is 0 Å². The summed E-state index contributed by atoms with van der Waals surface area (Å²) >= 11 is 3.68. The highest BCUT2D eigenvalue weighted by Gasteiger charge is 2.25. The second kappa shape index (κ2) is 24.9. The molecule has 0 unspecified atom stereocenters. The van der Waals surface area contributed by atoms with Gasteiger partial charge in [0.15, 0.2) is 0 Å². The summed E-state index contributed by atoms with van der Waals surface area (Å²) in [6.45, 7) is 12.0. The van der Waals surface area contributed by atoms with E-state index >= 15 is 0 Å². The average molecular weight is 579 g/mol. The lowest BCUT2D eigenvalue weighted by atomic mass is 10.1. The van der Waals surface area contributed by atoms with Crippen LogP contribution in [0.2, 0.25) is 0 Å². The van der Waals surface area contributed by atoms with Gasteiger partial charge in [-0.25, -0.2) is 18.1 Å². The van der Waals surface area contributed by atoms with E-state index in [0.717, 1.165) is 103 Å². The van der Waals surface area contributed by atoms with Crippen LogP contribution < -0.4 is 0 Å². The Hall–Kier alpha value is -1.12. The fourth-order valence-corrected chi connectivity index (χ4v) is 4.70. The highest BCUT2D eigenvalue weighted by atomic mass is 32.1. The fourth-order valence-electron chi connectivity index (χ4n) is 3.54. The van der Waals surface area contributed by atoms with Crippen molar-refractivity contribution in [2.75, 3.05) is 26.4 Å². The van der Waals surface area contributed by atoms with Gasteiger partial charge in [0.2, 0.25) is 0 Å². The van der Waals surface area contributed by atoms with E-state index in [0.29, 0.717) is 37.6 Å². The summed E-state index contributed by atoms with van der Waals surface area (Å²) in [6, 6.07) is 0. The number of esters is 2. The van der Waals surface area contributed by atoms with Crippen LogP contribution in [0.5, 0.6) is 0 Å². The number of carbonyl (C=O) groups is 2. The molecule has 0 radical (unpaired) electrons. The molecule has 0 atom stereocenters. The van der Waals surface area contributed by atoms with E-state index < -0.39 is 7.82 Å². The minimum atomic E-state index is -3.60. The molecule has 0 aliphatic carbocycles. The Balaban J connectivity index is 3.52. The normalized spacial score (nSPS) is 11.3. The van der Waals surface area contributed by atoms with Crippen LogP contribution in [-0.4, -0.2) is 38.4 Å². The molecule has 0 aliphatic heterocycles. The van der Waals surface area contributed by atoms with Crippen molar-refractivity contribution in [3.63, 3.8) is 0 Å². The van der Waals surface area contributed by atoms with Crippen LogP contribution in [0, 0.1) is 0 Å². The zero-order valence-corrected chi connectivity index (χ0v) is 25.5. The van der Waals surface area contributed by atoms with Gasteiger partial charge in [-0.1, -0.05) is 90.2 Å². The summed E-state index contributed by atoms with van der Waals surface area (Å²) in [5, 5.41) is 0. The topological polar surface area (TPSA) is 97.4 Å². The lowest BCUT2D eigenvalue weighted by Crippen LogP contribution is -2.05. The van der Waals surface area contributed by atoms with Gasteiger partial charge in [0.1, 0.15) is 0 Å². The minimum Gasteiger partial charge on any atom is -0.462 e. The Labute approximate surface area is 236 Å². The van der Waals surface area contributed by atoms with Crippen molar-refractivity contribution in [2.45, 2.75) is 117 Å². The third kappa shape index (κ3) is 22.8. The summed E-state index contributed by atoms with van der Waals surface area (Å²) in [6.07, 6.45) is 16.4. The molecule has 10 heteroatoms. The molecule has 8 nitrogen and oxygen atoms in total. The van der Waals surface area contributed by atoms with Crippen LogP contribution in [0.25, 0.3) is 0 Å². The maximum Gasteiger partial charge on any atom is 0.485 e. The number of hydrogen-bond donors (Lipinski definition) is 1. The number of rotatable bonds is 27. The smallest absolute Gasteiger partial charge is 0.462 e. The van der Waals surface area contributed by atoms with Crippen LogP contribution in [0.4, 0.5) is 0 Å². The quantitative estimate of drug-likeness (QED) is 0.0259. The Morgan fingerprint density at radius 3 is 1.08 bits per heavy atom. The van der Waals surface area contributed by atoms with Gasteiger partial charge in [-0.15, -0.1) is 0 Å². The van der Waals surface area contributed by atoms with E-state index in [9.17, 15) is 14.2 Å². The van der Waals surface area contributed by atoms with Gasteiger partial charge in [-0.05, 0) is 52.4 Å². The summed E-state index contributed by atoms with van der Waals surface area (Å²) in [5.41, 5.74) is 0.871. The zero-order chi connectivity index (χ0) is 28.5. The highest BCUT2D eigenvalue weighted by Crippen LogP contribution is 2.50. The van der Waals surface area contributed by atoms with E-state index in [1.807, 2.05) is 0 Å². The molecule has 222 valence electrons. The monoisotopic (exact) mass is 578 g/mol. The Morgan fingerprint density at radius 2 is 0.816 bits per heavy atom. The second-order valence-corrected chi connectivity index (χ2v) is 11.7. The first kappa shape index (κ1) is 36.9. The number of phosphoric acid groups is 1.